The molecule has 7 atom stereocenters. The first kappa shape index (κ1) is 24.9. The summed E-state index contributed by atoms with van der Waals surface area (Å²) in [7, 11) is 0. The fraction of sp³-hybridized carbons (Fsp3) is 0.742. The standard InChI is InChI=1S/C31H40N2O4/c1-26(2)8-12-31(37-25(33)36)13-9-29(5)23(19(31)16-26)20(34)14-22-27(3)15-18(17-32)24(35)30(10-11-30)21(27)6-7-28(22,29)4/h14-15,19,21,23H,6-13,16H2,1-5H3,(H2,33,36)/t19-,21+,23-,27-,28+,29+,31-/m0/s1. The van der Waals surface area contributed by atoms with Crippen molar-refractivity contribution in [3.63, 3.8) is 0 Å². The molecule has 0 radical (unpaired) electrons. The zero-order chi connectivity index (χ0) is 26.8. The molecule has 6 rings (SSSR count). The molecule has 0 aromatic rings. The average Bonchev–Trinajstić information content (AvgIpc) is 3.60. The van der Waals surface area contributed by atoms with Crippen LogP contribution in [0.1, 0.15) is 92.4 Å². The minimum atomic E-state index is -0.747. The zero-order valence-corrected chi connectivity index (χ0v) is 22.9. The van der Waals surface area contributed by atoms with Gasteiger partial charge in [0.1, 0.15) is 11.7 Å². The van der Waals surface area contributed by atoms with Crippen molar-refractivity contribution in [2.75, 3.05) is 0 Å². The van der Waals surface area contributed by atoms with Crippen molar-refractivity contribution in [2.45, 2.75) is 98.0 Å². The molecule has 4 saturated carbocycles. The van der Waals surface area contributed by atoms with Crippen LogP contribution in [-0.2, 0) is 14.3 Å². The lowest BCUT2D eigenvalue weighted by atomic mass is 9.36. The highest BCUT2D eigenvalue weighted by molar-refractivity contribution is 6.06. The van der Waals surface area contributed by atoms with Gasteiger partial charge in [0.25, 0.3) is 0 Å². The monoisotopic (exact) mass is 504 g/mol. The van der Waals surface area contributed by atoms with Gasteiger partial charge in [-0.1, -0.05) is 46.3 Å². The van der Waals surface area contributed by atoms with Crippen molar-refractivity contribution in [1.29, 1.82) is 5.26 Å². The zero-order valence-electron chi connectivity index (χ0n) is 22.9. The maximum atomic E-state index is 14.3. The molecule has 1 spiro atoms. The number of allylic oxidation sites excluding steroid dienone is 4. The Hall–Kier alpha value is -2.42. The Morgan fingerprint density at radius 3 is 2.32 bits per heavy atom. The van der Waals surface area contributed by atoms with E-state index in [0.717, 1.165) is 56.9 Å². The molecule has 6 heteroatoms. The van der Waals surface area contributed by atoms with Crippen molar-refractivity contribution in [2.24, 2.45) is 50.6 Å². The Labute approximate surface area is 220 Å². The van der Waals surface area contributed by atoms with Crippen molar-refractivity contribution < 1.29 is 19.1 Å². The quantitative estimate of drug-likeness (QED) is 0.485. The van der Waals surface area contributed by atoms with Crippen molar-refractivity contribution in [3.8, 4) is 6.07 Å². The first-order valence-corrected chi connectivity index (χ1v) is 14.1. The summed E-state index contributed by atoms with van der Waals surface area (Å²) in [6, 6.07) is 2.20. The number of carbonyl (C=O) groups excluding carboxylic acids is 3. The van der Waals surface area contributed by atoms with E-state index in [1.54, 1.807) is 0 Å². The molecule has 6 aliphatic carbocycles. The Balaban J connectivity index is 1.51. The molecule has 4 fully saturated rings. The van der Waals surface area contributed by atoms with Crippen LogP contribution < -0.4 is 5.73 Å². The van der Waals surface area contributed by atoms with Crippen LogP contribution in [0.25, 0.3) is 0 Å². The highest BCUT2D eigenvalue weighted by atomic mass is 16.6. The Morgan fingerprint density at radius 2 is 1.70 bits per heavy atom. The number of nitriles is 1. The molecule has 6 nitrogen and oxygen atoms in total. The normalized spacial score (nSPS) is 46.8. The number of hydrogen-bond donors (Lipinski definition) is 1. The largest absolute Gasteiger partial charge is 0.443 e. The number of carbonyl (C=O) groups is 3. The summed E-state index contributed by atoms with van der Waals surface area (Å²) in [6.07, 6.45) is 10.6. The number of nitrogens with zero attached hydrogens (tertiary/aromatic N) is 1. The Bertz CT molecular complexity index is 1230. The van der Waals surface area contributed by atoms with Crippen LogP contribution in [0.4, 0.5) is 4.79 Å². The van der Waals surface area contributed by atoms with Crippen LogP contribution in [0.5, 0.6) is 0 Å². The van der Waals surface area contributed by atoms with Gasteiger partial charge in [-0.25, -0.2) is 4.79 Å². The number of primary amides is 1. The third-order valence-corrected chi connectivity index (χ3v) is 12.5. The molecule has 0 bridgehead atoms. The summed E-state index contributed by atoms with van der Waals surface area (Å²) in [5, 5.41) is 9.88. The molecule has 0 saturated heterocycles. The lowest BCUT2D eigenvalue weighted by Gasteiger charge is -2.68. The molecule has 0 aromatic heterocycles. The van der Waals surface area contributed by atoms with Gasteiger partial charge in [0, 0.05) is 22.7 Å². The van der Waals surface area contributed by atoms with Crippen LogP contribution in [0.15, 0.2) is 23.3 Å². The fourth-order valence-corrected chi connectivity index (χ4v) is 10.3. The summed E-state index contributed by atoms with van der Waals surface area (Å²) in [6.45, 7) is 11.3. The minimum absolute atomic E-state index is 0.0170. The van der Waals surface area contributed by atoms with Gasteiger partial charge in [0.15, 0.2) is 11.6 Å². The molecule has 6 aliphatic rings. The molecular weight excluding hydrogens is 464 g/mol. The Kier molecular flexibility index (Phi) is 4.81. The van der Waals surface area contributed by atoms with Gasteiger partial charge in [0.2, 0.25) is 0 Å². The third kappa shape index (κ3) is 2.95. The van der Waals surface area contributed by atoms with E-state index in [1.807, 2.05) is 12.2 Å². The number of amides is 1. The van der Waals surface area contributed by atoms with Gasteiger partial charge in [0.05, 0.1) is 5.57 Å². The predicted molar refractivity (Wildman–Crippen MR) is 138 cm³/mol. The molecular formula is C31H40N2O4. The van der Waals surface area contributed by atoms with Gasteiger partial charge in [-0.3, -0.25) is 9.59 Å². The van der Waals surface area contributed by atoms with E-state index in [0.29, 0.717) is 6.42 Å². The molecule has 37 heavy (non-hydrogen) atoms. The molecule has 0 aliphatic heterocycles. The Morgan fingerprint density at radius 1 is 1.03 bits per heavy atom. The molecule has 2 N–H and O–H groups in total. The average molecular weight is 505 g/mol. The number of rotatable bonds is 1. The molecule has 1 amide bonds. The van der Waals surface area contributed by atoms with Gasteiger partial charge >= 0.3 is 6.09 Å². The highest BCUT2D eigenvalue weighted by Gasteiger charge is 2.72. The van der Waals surface area contributed by atoms with Crippen LogP contribution in [0, 0.1) is 56.2 Å². The van der Waals surface area contributed by atoms with E-state index in [4.69, 9.17) is 10.5 Å². The van der Waals surface area contributed by atoms with Gasteiger partial charge in [-0.2, -0.15) is 5.26 Å². The summed E-state index contributed by atoms with van der Waals surface area (Å²) in [5.41, 5.74) is 4.86. The first-order valence-electron chi connectivity index (χ1n) is 14.1. The van der Waals surface area contributed by atoms with Gasteiger partial charge in [-0.05, 0) is 86.0 Å². The summed E-state index contributed by atoms with van der Waals surface area (Å²) < 4.78 is 5.95. The van der Waals surface area contributed by atoms with Gasteiger partial charge < -0.3 is 10.5 Å². The van der Waals surface area contributed by atoms with E-state index in [2.05, 4.69) is 40.7 Å². The molecule has 198 valence electrons. The van der Waals surface area contributed by atoms with Crippen LogP contribution in [-0.4, -0.2) is 23.3 Å². The van der Waals surface area contributed by atoms with E-state index >= 15 is 0 Å². The number of hydrogen-bond acceptors (Lipinski definition) is 5. The van der Waals surface area contributed by atoms with E-state index < -0.39 is 22.5 Å². The summed E-state index contributed by atoms with van der Waals surface area (Å²) in [5.74, 6) is -0.0724. The van der Waals surface area contributed by atoms with Crippen LogP contribution in [0.2, 0.25) is 0 Å². The molecule has 0 heterocycles. The predicted octanol–water partition coefficient (Wildman–Crippen LogP) is 5.81. The van der Waals surface area contributed by atoms with E-state index in [1.165, 1.54) is 0 Å². The number of fused-ring (bicyclic) bond motifs is 8. The smallest absolute Gasteiger partial charge is 0.405 e. The lowest BCUT2D eigenvalue weighted by molar-refractivity contribution is -0.193. The fourth-order valence-electron chi connectivity index (χ4n) is 10.3. The van der Waals surface area contributed by atoms with Crippen molar-refractivity contribution >= 4 is 17.7 Å². The van der Waals surface area contributed by atoms with Crippen molar-refractivity contribution in [3.05, 3.63) is 23.3 Å². The maximum Gasteiger partial charge on any atom is 0.405 e. The number of ether oxygens (including phenoxy) is 1. The topological polar surface area (TPSA) is 110 Å². The first-order chi connectivity index (χ1) is 17.2. The van der Waals surface area contributed by atoms with E-state index in [9.17, 15) is 19.6 Å². The van der Waals surface area contributed by atoms with E-state index in [-0.39, 0.29) is 51.1 Å². The second-order valence-electron chi connectivity index (χ2n) is 14.7. The van der Waals surface area contributed by atoms with Crippen LogP contribution in [0.3, 0.4) is 0 Å². The SMILES string of the molecule is CC1(C)CC[C@]2(OC(N)=O)CC[C@]3(C)[C@H](C(=O)C=C4[C@@]5(C)C=C(C#N)C(=O)C6(CC6)[C@@H]5CC[C@]43C)[C@@H]2C1. The molecule has 0 aromatic carbocycles. The second-order valence-corrected chi connectivity index (χ2v) is 14.7. The van der Waals surface area contributed by atoms with Gasteiger partial charge in [-0.15, -0.1) is 0 Å². The highest BCUT2D eigenvalue weighted by Crippen LogP contribution is 2.76. The third-order valence-electron chi connectivity index (χ3n) is 12.5. The minimum Gasteiger partial charge on any atom is -0.443 e. The number of Topliss-reactive ketones (excluding diaryl/α,β-unsaturated/α-hetero) is 1. The number of ketones is 2. The van der Waals surface area contributed by atoms with Crippen molar-refractivity contribution in [1.82, 2.24) is 0 Å². The summed E-state index contributed by atoms with van der Waals surface area (Å²) >= 11 is 0. The summed E-state index contributed by atoms with van der Waals surface area (Å²) in [4.78, 5) is 39.7. The maximum absolute atomic E-state index is 14.3. The van der Waals surface area contributed by atoms with Crippen LogP contribution >= 0.6 is 0 Å². The second kappa shape index (κ2) is 7.16. The lowest BCUT2D eigenvalue weighted by Crippen LogP contribution is -2.66. The number of nitrogens with two attached hydrogens (primary N) is 1. The molecule has 0 unspecified atom stereocenters.